The minimum absolute atomic E-state index is 0.00846. The van der Waals surface area contributed by atoms with Gasteiger partial charge in [-0.25, -0.2) is 0 Å². The third-order valence-electron chi connectivity index (χ3n) is 4.45. The molecule has 1 aliphatic carbocycles. The number of anilines is 1. The molecule has 8 heteroatoms. The third-order valence-corrected chi connectivity index (χ3v) is 6.50. The van der Waals surface area contributed by atoms with Crippen LogP contribution in [0.2, 0.25) is 0 Å². The quantitative estimate of drug-likeness (QED) is 0.538. The second-order valence-corrected chi connectivity index (χ2v) is 8.82. The minimum Gasteiger partial charge on any atom is -0.349 e. The van der Waals surface area contributed by atoms with E-state index in [1.165, 1.54) is 28.7 Å². The van der Waals surface area contributed by atoms with Crippen molar-refractivity contribution in [1.82, 2.24) is 15.5 Å². The van der Waals surface area contributed by atoms with Gasteiger partial charge in [-0.3, -0.25) is 14.5 Å². The molecule has 6 nitrogen and oxygen atoms in total. The maximum Gasteiger partial charge on any atom is 0.230 e. The molecule has 27 heavy (non-hydrogen) atoms. The fourth-order valence-corrected chi connectivity index (χ4v) is 4.54. The number of aromatic nitrogens is 2. The second-order valence-electron chi connectivity index (χ2n) is 6.64. The molecule has 1 aliphatic rings. The molecule has 1 heterocycles. The van der Waals surface area contributed by atoms with Gasteiger partial charge in [0.25, 0.3) is 0 Å². The Morgan fingerprint density at radius 3 is 2.59 bits per heavy atom. The number of carbonyl (C=O) groups is 2. The lowest BCUT2D eigenvalue weighted by molar-refractivity contribution is -0.119. The van der Waals surface area contributed by atoms with Gasteiger partial charge in [-0.15, -0.1) is 10.2 Å². The number of hydrogen-bond donors (Lipinski definition) is 1. The molecule has 3 rings (SSSR count). The van der Waals surface area contributed by atoms with Crippen LogP contribution in [0.5, 0.6) is 0 Å². The highest BCUT2D eigenvalue weighted by molar-refractivity contribution is 8.01. The Morgan fingerprint density at radius 1 is 1.30 bits per heavy atom. The molecule has 1 aromatic heterocycles. The lowest BCUT2D eigenvalue weighted by Gasteiger charge is -2.15. The number of rotatable bonds is 8. The zero-order valence-corrected chi connectivity index (χ0v) is 17.4. The first kappa shape index (κ1) is 19.8. The molecule has 1 fully saturated rings. The Kier molecular flexibility index (Phi) is 6.49. The van der Waals surface area contributed by atoms with Gasteiger partial charge in [0.15, 0.2) is 4.34 Å². The average Bonchev–Trinajstić information content (AvgIpc) is 3.37. The topological polar surface area (TPSA) is 75.2 Å². The van der Waals surface area contributed by atoms with Crippen molar-refractivity contribution in [2.24, 2.45) is 0 Å². The molecule has 2 aromatic rings. The first-order chi connectivity index (χ1) is 13.0. The lowest BCUT2D eigenvalue weighted by Crippen LogP contribution is -2.30. The maximum absolute atomic E-state index is 12.3. The summed E-state index contributed by atoms with van der Waals surface area (Å²) in [7, 11) is 0. The van der Waals surface area contributed by atoms with Crippen molar-refractivity contribution >= 4 is 40.0 Å². The number of carbonyl (C=O) groups excluding carboxylic acids is 2. The van der Waals surface area contributed by atoms with Gasteiger partial charge in [0.2, 0.25) is 16.9 Å². The smallest absolute Gasteiger partial charge is 0.230 e. The molecule has 144 valence electrons. The van der Waals surface area contributed by atoms with Crippen molar-refractivity contribution < 1.29 is 9.59 Å². The number of hydrogen-bond acceptors (Lipinski definition) is 6. The number of aryl methyl sites for hydroxylation is 1. The van der Waals surface area contributed by atoms with E-state index in [0.29, 0.717) is 9.47 Å². The summed E-state index contributed by atoms with van der Waals surface area (Å²) in [5, 5.41) is 11.9. The van der Waals surface area contributed by atoms with Gasteiger partial charge in [0, 0.05) is 13.0 Å². The van der Waals surface area contributed by atoms with Gasteiger partial charge in [-0.05, 0) is 37.3 Å². The predicted octanol–water partition coefficient (Wildman–Crippen LogP) is 3.59. The van der Waals surface area contributed by atoms with E-state index in [-0.39, 0.29) is 29.7 Å². The molecule has 0 aliphatic heterocycles. The fourth-order valence-electron chi connectivity index (χ4n) is 2.77. The fraction of sp³-hybridized carbons (Fsp3) is 0.474. The summed E-state index contributed by atoms with van der Waals surface area (Å²) < 4.78 is 0.701. The van der Waals surface area contributed by atoms with Crippen molar-refractivity contribution in [3.63, 3.8) is 0 Å². The Bertz CT molecular complexity index is 802. The van der Waals surface area contributed by atoms with Crippen molar-refractivity contribution in [1.29, 1.82) is 0 Å². The number of amides is 2. The van der Waals surface area contributed by atoms with Crippen LogP contribution in [0.25, 0.3) is 0 Å². The average molecular weight is 405 g/mol. The summed E-state index contributed by atoms with van der Waals surface area (Å²) in [6.07, 6.45) is 3.03. The Balaban J connectivity index is 1.50. The molecule has 0 radical (unpaired) electrons. The first-order valence-corrected chi connectivity index (χ1v) is 10.9. The monoisotopic (exact) mass is 404 g/mol. The predicted molar refractivity (Wildman–Crippen MR) is 109 cm³/mol. The van der Waals surface area contributed by atoms with Gasteiger partial charge in [-0.1, -0.05) is 54.3 Å². The molecule has 0 spiro atoms. The normalized spacial score (nSPS) is 14.6. The number of nitrogens with one attached hydrogen (secondary N) is 1. The highest BCUT2D eigenvalue weighted by Crippen LogP contribution is 2.35. The van der Waals surface area contributed by atoms with Crippen LogP contribution < -0.4 is 10.2 Å². The van der Waals surface area contributed by atoms with Crippen molar-refractivity contribution in [2.45, 2.75) is 56.5 Å². The van der Waals surface area contributed by atoms with E-state index < -0.39 is 0 Å². The molecule has 2 amide bonds. The molecule has 0 bridgehead atoms. The van der Waals surface area contributed by atoms with Crippen LogP contribution in [0, 0.1) is 0 Å². The molecule has 0 saturated heterocycles. The van der Waals surface area contributed by atoms with Gasteiger partial charge >= 0.3 is 0 Å². The SMILES string of the molecule is CCc1ccc(C(C)NC(=O)CSc2nnc(N(C(C)=O)C3CC3)s2)cc1. The summed E-state index contributed by atoms with van der Waals surface area (Å²) >= 11 is 2.71. The largest absolute Gasteiger partial charge is 0.349 e. The Labute approximate surface area is 167 Å². The zero-order chi connectivity index (χ0) is 19.4. The summed E-state index contributed by atoms with van der Waals surface area (Å²) in [6, 6.07) is 8.52. The zero-order valence-electron chi connectivity index (χ0n) is 15.8. The van der Waals surface area contributed by atoms with Gasteiger partial charge < -0.3 is 5.32 Å². The number of nitrogens with zero attached hydrogens (tertiary/aromatic N) is 3. The van der Waals surface area contributed by atoms with Crippen molar-refractivity contribution in [3.8, 4) is 0 Å². The molecule has 1 N–H and O–H groups in total. The van der Waals surface area contributed by atoms with E-state index in [1.54, 1.807) is 11.8 Å². The van der Waals surface area contributed by atoms with Crippen LogP contribution in [0.1, 0.15) is 50.8 Å². The summed E-state index contributed by atoms with van der Waals surface area (Å²) in [4.78, 5) is 25.8. The van der Waals surface area contributed by atoms with Crippen LogP contribution >= 0.6 is 23.1 Å². The first-order valence-electron chi connectivity index (χ1n) is 9.12. The molecular weight excluding hydrogens is 380 g/mol. The number of thioether (sulfide) groups is 1. The third kappa shape index (κ3) is 5.29. The molecule has 1 atom stereocenters. The molecular formula is C19H24N4O2S2. The summed E-state index contributed by atoms with van der Waals surface area (Å²) in [6.45, 7) is 5.65. The van der Waals surface area contributed by atoms with Crippen LogP contribution in [-0.2, 0) is 16.0 Å². The van der Waals surface area contributed by atoms with Crippen molar-refractivity contribution in [3.05, 3.63) is 35.4 Å². The van der Waals surface area contributed by atoms with Gasteiger partial charge in [0.1, 0.15) is 0 Å². The molecule has 1 aromatic carbocycles. The van der Waals surface area contributed by atoms with E-state index >= 15 is 0 Å². The maximum atomic E-state index is 12.3. The second kappa shape index (κ2) is 8.84. The van der Waals surface area contributed by atoms with E-state index in [4.69, 9.17) is 0 Å². The van der Waals surface area contributed by atoms with Crippen LogP contribution in [0.3, 0.4) is 0 Å². The van der Waals surface area contributed by atoms with E-state index in [0.717, 1.165) is 24.8 Å². The molecule has 1 unspecified atom stereocenters. The van der Waals surface area contributed by atoms with E-state index in [9.17, 15) is 9.59 Å². The lowest BCUT2D eigenvalue weighted by atomic mass is 10.1. The Hall–Kier alpha value is -1.93. The van der Waals surface area contributed by atoms with Crippen molar-refractivity contribution in [2.75, 3.05) is 10.7 Å². The number of benzene rings is 1. The summed E-state index contributed by atoms with van der Waals surface area (Å²) in [5.41, 5.74) is 2.37. The highest BCUT2D eigenvalue weighted by atomic mass is 32.2. The highest BCUT2D eigenvalue weighted by Gasteiger charge is 2.34. The van der Waals surface area contributed by atoms with E-state index in [1.807, 2.05) is 6.92 Å². The standard InChI is InChI=1S/C19H24N4O2S2/c1-4-14-5-7-15(8-6-14)12(2)20-17(25)11-26-19-22-21-18(27-19)23(13(3)24)16-9-10-16/h5-8,12,16H,4,9-11H2,1-3H3,(H,20,25). The van der Waals surface area contributed by atoms with Crippen LogP contribution in [0.15, 0.2) is 28.6 Å². The Morgan fingerprint density at radius 2 is 2.00 bits per heavy atom. The summed E-state index contributed by atoms with van der Waals surface area (Å²) in [5.74, 6) is 0.218. The van der Waals surface area contributed by atoms with Gasteiger partial charge in [0.05, 0.1) is 11.8 Å². The van der Waals surface area contributed by atoms with Crippen LogP contribution in [0.4, 0.5) is 5.13 Å². The molecule has 1 saturated carbocycles. The van der Waals surface area contributed by atoms with Crippen LogP contribution in [-0.4, -0.2) is 33.8 Å². The van der Waals surface area contributed by atoms with E-state index in [2.05, 4.69) is 46.7 Å². The minimum atomic E-state index is -0.0468. The van der Waals surface area contributed by atoms with Gasteiger partial charge in [-0.2, -0.15) is 0 Å².